The van der Waals surface area contributed by atoms with Crippen molar-refractivity contribution < 1.29 is 31.9 Å². The van der Waals surface area contributed by atoms with Gasteiger partial charge in [0.2, 0.25) is 5.91 Å². The van der Waals surface area contributed by atoms with Crippen molar-refractivity contribution in [2.45, 2.75) is 20.0 Å². The highest BCUT2D eigenvalue weighted by Gasteiger charge is 2.35. The molecule has 0 unspecified atom stereocenters. The van der Waals surface area contributed by atoms with Crippen LogP contribution in [0.2, 0.25) is 0 Å². The number of rotatable bonds is 4. The molecule has 29 heavy (non-hydrogen) atoms. The number of benzene rings is 2. The summed E-state index contributed by atoms with van der Waals surface area (Å²) in [5, 5.41) is 5.15. The zero-order valence-corrected chi connectivity index (χ0v) is 15.7. The third-order valence-electron chi connectivity index (χ3n) is 4.24. The van der Waals surface area contributed by atoms with Gasteiger partial charge in [-0.2, -0.15) is 13.2 Å². The van der Waals surface area contributed by atoms with Crippen LogP contribution in [-0.4, -0.2) is 18.9 Å². The quantitative estimate of drug-likeness (QED) is 0.640. The van der Waals surface area contributed by atoms with Gasteiger partial charge in [0.05, 0.1) is 18.4 Å². The van der Waals surface area contributed by atoms with E-state index >= 15 is 0 Å². The number of amides is 2. The molecule has 2 N–H and O–H groups in total. The highest BCUT2D eigenvalue weighted by atomic mass is 19.4. The smallest absolute Gasteiger partial charge is 0.418 e. The van der Waals surface area contributed by atoms with E-state index < -0.39 is 29.2 Å². The van der Waals surface area contributed by atoms with E-state index in [9.17, 15) is 22.8 Å². The number of hydrogen-bond acceptors (Lipinski definition) is 4. The van der Waals surface area contributed by atoms with Gasteiger partial charge in [-0.3, -0.25) is 9.59 Å². The highest BCUT2D eigenvalue weighted by Crippen LogP contribution is 2.37. The Hall–Kier alpha value is -3.49. The lowest BCUT2D eigenvalue weighted by Crippen LogP contribution is -2.17. The molecule has 0 spiro atoms. The summed E-state index contributed by atoms with van der Waals surface area (Å²) in [5.74, 6) is -0.882. The van der Waals surface area contributed by atoms with E-state index in [2.05, 4.69) is 10.6 Å². The number of halogens is 3. The van der Waals surface area contributed by atoms with Crippen LogP contribution in [0.1, 0.15) is 28.6 Å². The molecule has 6 nitrogen and oxygen atoms in total. The van der Waals surface area contributed by atoms with Crippen molar-refractivity contribution in [2.24, 2.45) is 0 Å². The molecule has 1 aromatic heterocycles. The molecule has 152 valence electrons. The van der Waals surface area contributed by atoms with E-state index in [1.165, 1.54) is 20.1 Å². The maximum atomic E-state index is 13.4. The van der Waals surface area contributed by atoms with E-state index in [1.54, 1.807) is 25.1 Å². The van der Waals surface area contributed by atoms with E-state index in [0.29, 0.717) is 22.3 Å². The zero-order valence-electron chi connectivity index (χ0n) is 15.7. The number of aryl methyl sites for hydroxylation is 1. The van der Waals surface area contributed by atoms with E-state index in [4.69, 9.17) is 9.15 Å². The lowest BCUT2D eigenvalue weighted by atomic mass is 10.1. The Morgan fingerprint density at radius 2 is 1.79 bits per heavy atom. The SMILES string of the molecule is COc1ccc2oc(C(=O)Nc3ccc(NC(C)=O)cc3C(F)(F)F)c(C)c2c1. The molecule has 0 fully saturated rings. The number of carbonyl (C=O) groups excluding carboxylic acids is 2. The molecule has 0 aliphatic heterocycles. The van der Waals surface area contributed by atoms with Crippen LogP contribution in [0, 0.1) is 6.92 Å². The molecule has 0 aliphatic carbocycles. The number of carbonyl (C=O) groups is 2. The van der Waals surface area contributed by atoms with Crippen LogP contribution >= 0.6 is 0 Å². The van der Waals surface area contributed by atoms with Crippen LogP contribution in [0.4, 0.5) is 24.5 Å². The summed E-state index contributed by atoms with van der Waals surface area (Å²) in [6, 6.07) is 8.04. The van der Waals surface area contributed by atoms with Crippen molar-refractivity contribution in [1.29, 1.82) is 0 Å². The Balaban J connectivity index is 1.97. The molecule has 0 radical (unpaired) electrons. The second kappa shape index (κ2) is 7.50. The fourth-order valence-corrected chi connectivity index (χ4v) is 2.89. The minimum absolute atomic E-state index is 0.0326. The maximum absolute atomic E-state index is 13.4. The first-order valence-electron chi connectivity index (χ1n) is 8.47. The molecule has 9 heteroatoms. The number of furan rings is 1. The van der Waals surface area contributed by atoms with Crippen LogP contribution in [0.5, 0.6) is 5.75 Å². The van der Waals surface area contributed by atoms with Crippen molar-refractivity contribution >= 4 is 34.2 Å². The Labute approximate surface area is 163 Å². The molecule has 3 aromatic rings. The van der Waals surface area contributed by atoms with Crippen molar-refractivity contribution in [2.75, 3.05) is 17.7 Å². The number of anilines is 2. The first-order valence-corrected chi connectivity index (χ1v) is 8.47. The van der Waals surface area contributed by atoms with Crippen LogP contribution in [0.3, 0.4) is 0 Å². The van der Waals surface area contributed by atoms with Gasteiger partial charge in [-0.05, 0) is 43.3 Å². The van der Waals surface area contributed by atoms with Gasteiger partial charge < -0.3 is 19.8 Å². The third kappa shape index (κ3) is 4.18. The summed E-state index contributed by atoms with van der Waals surface area (Å²) in [7, 11) is 1.49. The van der Waals surface area contributed by atoms with E-state index in [0.717, 1.165) is 12.1 Å². The number of methoxy groups -OCH3 is 1. The Bertz CT molecular complexity index is 1100. The van der Waals surface area contributed by atoms with E-state index in [1.807, 2.05) is 0 Å². The molecule has 0 atom stereocenters. The average molecular weight is 406 g/mol. The fraction of sp³-hybridized carbons (Fsp3) is 0.200. The summed E-state index contributed by atoms with van der Waals surface area (Å²) in [5.41, 5.74) is -0.693. The van der Waals surface area contributed by atoms with Crippen LogP contribution in [-0.2, 0) is 11.0 Å². The predicted molar refractivity (Wildman–Crippen MR) is 101 cm³/mol. The fourth-order valence-electron chi connectivity index (χ4n) is 2.89. The van der Waals surface area contributed by atoms with Gasteiger partial charge >= 0.3 is 6.18 Å². The van der Waals surface area contributed by atoms with Crippen LogP contribution in [0.25, 0.3) is 11.0 Å². The second-order valence-electron chi connectivity index (χ2n) is 6.31. The Morgan fingerprint density at radius 3 is 2.41 bits per heavy atom. The number of nitrogens with one attached hydrogen (secondary N) is 2. The average Bonchev–Trinajstić information content (AvgIpc) is 2.98. The summed E-state index contributed by atoms with van der Waals surface area (Å²) in [6.45, 7) is 2.81. The Kier molecular flexibility index (Phi) is 5.23. The predicted octanol–water partition coefficient (Wildman–Crippen LogP) is 4.98. The lowest BCUT2D eigenvalue weighted by Gasteiger charge is -2.15. The number of fused-ring (bicyclic) bond motifs is 1. The number of hydrogen-bond donors (Lipinski definition) is 2. The van der Waals surface area contributed by atoms with Crippen molar-refractivity contribution in [3.63, 3.8) is 0 Å². The van der Waals surface area contributed by atoms with Gasteiger partial charge in [0.25, 0.3) is 5.91 Å². The second-order valence-corrected chi connectivity index (χ2v) is 6.31. The molecule has 2 amide bonds. The molecule has 0 aliphatic rings. The topological polar surface area (TPSA) is 80.6 Å². The number of ether oxygens (including phenoxy) is 1. The summed E-state index contributed by atoms with van der Waals surface area (Å²) in [4.78, 5) is 23.7. The molecule has 2 aromatic carbocycles. The summed E-state index contributed by atoms with van der Waals surface area (Å²) < 4.78 is 51.0. The summed E-state index contributed by atoms with van der Waals surface area (Å²) in [6.07, 6.45) is -4.74. The van der Waals surface area contributed by atoms with Gasteiger partial charge in [-0.15, -0.1) is 0 Å². The van der Waals surface area contributed by atoms with Crippen molar-refractivity contribution in [1.82, 2.24) is 0 Å². The molecule has 0 bridgehead atoms. The monoisotopic (exact) mass is 406 g/mol. The maximum Gasteiger partial charge on any atom is 0.418 e. The summed E-state index contributed by atoms with van der Waals surface area (Å²) >= 11 is 0. The number of alkyl halides is 3. The van der Waals surface area contributed by atoms with Gasteiger partial charge in [-0.25, -0.2) is 0 Å². The van der Waals surface area contributed by atoms with Gasteiger partial charge in [0.15, 0.2) is 5.76 Å². The molecule has 0 saturated carbocycles. The minimum atomic E-state index is -4.74. The van der Waals surface area contributed by atoms with Crippen molar-refractivity contribution in [3.8, 4) is 5.75 Å². The largest absolute Gasteiger partial charge is 0.497 e. The molecule has 1 heterocycles. The molecule has 3 rings (SSSR count). The molecular formula is C20H17F3N2O4. The van der Waals surface area contributed by atoms with Crippen molar-refractivity contribution in [3.05, 3.63) is 53.3 Å². The molecular weight excluding hydrogens is 389 g/mol. The van der Waals surface area contributed by atoms with Gasteiger partial charge in [-0.1, -0.05) is 0 Å². The highest BCUT2D eigenvalue weighted by molar-refractivity contribution is 6.07. The first kappa shape index (κ1) is 20.2. The van der Waals surface area contributed by atoms with Crippen LogP contribution in [0.15, 0.2) is 40.8 Å². The minimum Gasteiger partial charge on any atom is -0.497 e. The third-order valence-corrected chi connectivity index (χ3v) is 4.24. The zero-order chi connectivity index (χ0) is 21.3. The van der Waals surface area contributed by atoms with Gasteiger partial charge in [0.1, 0.15) is 11.3 Å². The standard InChI is InChI=1S/C20H17F3N2O4/c1-10-14-9-13(28-3)5-7-17(14)29-18(10)19(27)25-16-6-4-12(24-11(2)26)8-15(16)20(21,22)23/h4-9H,1-3H3,(H,24,26)(H,25,27). The normalized spacial score (nSPS) is 11.4. The first-order chi connectivity index (χ1) is 13.6. The molecule has 0 saturated heterocycles. The lowest BCUT2D eigenvalue weighted by molar-refractivity contribution is -0.137. The Morgan fingerprint density at radius 1 is 1.07 bits per heavy atom. The van der Waals surface area contributed by atoms with E-state index in [-0.39, 0.29) is 11.4 Å². The van der Waals surface area contributed by atoms with Gasteiger partial charge in [0, 0.05) is 23.6 Å². The van der Waals surface area contributed by atoms with Crippen LogP contribution < -0.4 is 15.4 Å².